The lowest BCUT2D eigenvalue weighted by atomic mass is 10.2. The monoisotopic (exact) mass is 262 g/mol. The van der Waals surface area contributed by atoms with Gasteiger partial charge in [0.1, 0.15) is 10.8 Å². The Morgan fingerprint density at radius 3 is 2.83 bits per heavy atom. The van der Waals surface area contributed by atoms with Gasteiger partial charge in [-0.25, -0.2) is 4.98 Å². The SMILES string of the molecule is COc1ccccc1-c1ncc(CNC(C)C)s1. The summed E-state index contributed by atoms with van der Waals surface area (Å²) in [5, 5.41) is 4.40. The summed E-state index contributed by atoms with van der Waals surface area (Å²) < 4.78 is 5.36. The van der Waals surface area contributed by atoms with Crippen LogP contribution in [-0.4, -0.2) is 18.1 Å². The largest absolute Gasteiger partial charge is 0.496 e. The third kappa shape index (κ3) is 3.09. The summed E-state index contributed by atoms with van der Waals surface area (Å²) in [6.07, 6.45) is 1.93. The van der Waals surface area contributed by atoms with Crippen LogP contribution in [0.5, 0.6) is 5.75 Å². The molecule has 0 radical (unpaired) electrons. The summed E-state index contributed by atoms with van der Waals surface area (Å²) in [5.74, 6) is 0.871. The summed E-state index contributed by atoms with van der Waals surface area (Å²) in [5.41, 5.74) is 1.06. The van der Waals surface area contributed by atoms with Crippen molar-refractivity contribution in [3.63, 3.8) is 0 Å². The smallest absolute Gasteiger partial charge is 0.129 e. The van der Waals surface area contributed by atoms with Crippen molar-refractivity contribution in [3.8, 4) is 16.3 Å². The first-order valence-corrected chi connectivity index (χ1v) is 6.84. The first-order chi connectivity index (χ1) is 8.70. The molecule has 0 atom stereocenters. The van der Waals surface area contributed by atoms with Crippen LogP contribution in [0, 0.1) is 0 Å². The normalized spacial score (nSPS) is 10.9. The lowest BCUT2D eigenvalue weighted by molar-refractivity contribution is 0.416. The third-order valence-corrected chi connectivity index (χ3v) is 3.61. The highest BCUT2D eigenvalue weighted by Gasteiger charge is 2.09. The standard InChI is InChI=1S/C14H18N2OS/c1-10(2)15-8-11-9-16-14(18-11)12-6-4-5-7-13(12)17-3/h4-7,9-10,15H,8H2,1-3H3. The average molecular weight is 262 g/mol. The lowest BCUT2D eigenvalue weighted by Gasteiger charge is -2.05. The summed E-state index contributed by atoms with van der Waals surface area (Å²) in [4.78, 5) is 5.71. The fourth-order valence-corrected chi connectivity index (χ4v) is 2.53. The molecule has 1 aromatic carbocycles. The van der Waals surface area contributed by atoms with Crippen LogP contribution in [0.4, 0.5) is 0 Å². The van der Waals surface area contributed by atoms with Crippen molar-refractivity contribution in [2.45, 2.75) is 26.4 Å². The second-order valence-electron chi connectivity index (χ2n) is 4.37. The van der Waals surface area contributed by atoms with E-state index in [1.165, 1.54) is 4.88 Å². The minimum absolute atomic E-state index is 0.488. The predicted octanol–water partition coefficient (Wildman–Crippen LogP) is 3.32. The van der Waals surface area contributed by atoms with E-state index in [9.17, 15) is 0 Å². The van der Waals surface area contributed by atoms with E-state index in [0.29, 0.717) is 6.04 Å². The fraction of sp³-hybridized carbons (Fsp3) is 0.357. The Bertz CT molecular complexity index is 508. The molecule has 1 aromatic heterocycles. The van der Waals surface area contributed by atoms with Gasteiger partial charge in [-0.3, -0.25) is 0 Å². The molecule has 0 aliphatic carbocycles. The van der Waals surface area contributed by atoms with Gasteiger partial charge in [0.15, 0.2) is 0 Å². The zero-order valence-electron chi connectivity index (χ0n) is 10.9. The quantitative estimate of drug-likeness (QED) is 0.897. The number of para-hydroxylation sites is 1. The van der Waals surface area contributed by atoms with Crippen molar-refractivity contribution in [1.82, 2.24) is 10.3 Å². The van der Waals surface area contributed by atoms with Gasteiger partial charge in [-0.1, -0.05) is 26.0 Å². The minimum Gasteiger partial charge on any atom is -0.496 e. The minimum atomic E-state index is 0.488. The predicted molar refractivity (Wildman–Crippen MR) is 76.1 cm³/mol. The molecule has 96 valence electrons. The zero-order chi connectivity index (χ0) is 13.0. The summed E-state index contributed by atoms with van der Waals surface area (Å²) >= 11 is 1.70. The number of ether oxygens (including phenoxy) is 1. The van der Waals surface area contributed by atoms with E-state index in [1.807, 2.05) is 30.5 Å². The highest BCUT2D eigenvalue weighted by molar-refractivity contribution is 7.15. The molecule has 0 fully saturated rings. The van der Waals surface area contributed by atoms with E-state index in [2.05, 4.69) is 24.1 Å². The second-order valence-corrected chi connectivity index (χ2v) is 5.48. The van der Waals surface area contributed by atoms with E-state index in [-0.39, 0.29) is 0 Å². The molecule has 0 unspecified atom stereocenters. The van der Waals surface area contributed by atoms with Gasteiger partial charge in [0.2, 0.25) is 0 Å². The van der Waals surface area contributed by atoms with E-state index >= 15 is 0 Å². The molecule has 0 aliphatic rings. The van der Waals surface area contributed by atoms with E-state index in [0.717, 1.165) is 22.9 Å². The topological polar surface area (TPSA) is 34.1 Å². The maximum absolute atomic E-state index is 5.36. The van der Waals surface area contributed by atoms with Gasteiger partial charge in [-0.05, 0) is 12.1 Å². The van der Waals surface area contributed by atoms with Crippen LogP contribution < -0.4 is 10.1 Å². The maximum atomic E-state index is 5.36. The number of nitrogens with one attached hydrogen (secondary N) is 1. The van der Waals surface area contributed by atoms with Crippen LogP contribution in [-0.2, 0) is 6.54 Å². The van der Waals surface area contributed by atoms with E-state index in [1.54, 1.807) is 18.4 Å². The van der Waals surface area contributed by atoms with Gasteiger partial charge in [0.25, 0.3) is 0 Å². The van der Waals surface area contributed by atoms with Crippen molar-refractivity contribution in [3.05, 3.63) is 35.3 Å². The molecule has 0 spiro atoms. The Morgan fingerprint density at radius 1 is 1.33 bits per heavy atom. The molecule has 3 nitrogen and oxygen atoms in total. The number of rotatable bonds is 5. The fourth-order valence-electron chi connectivity index (χ4n) is 1.64. The Balaban J connectivity index is 2.18. The van der Waals surface area contributed by atoms with Crippen LogP contribution >= 0.6 is 11.3 Å². The molecule has 0 aliphatic heterocycles. The van der Waals surface area contributed by atoms with Gasteiger partial charge in [0.05, 0.1) is 12.7 Å². The second kappa shape index (κ2) is 5.98. The number of hydrogen-bond donors (Lipinski definition) is 1. The Hall–Kier alpha value is -1.39. The number of benzene rings is 1. The molecule has 0 saturated carbocycles. The average Bonchev–Trinajstić information content (AvgIpc) is 2.85. The van der Waals surface area contributed by atoms with Crippen molar-refractivity contribution < 1.29 is 4.74 Å². The van der Waals surface area contributed by atoms with Crippen LogP contribution in [0.25, 0.3) is 10.6 Å². The van der Waals surface area contributed by atoms with Gasteiger partial charge in [0, 0.05) is 23.7 Å². The zero-order valence-corrected chi connectivity index (χ0v) is 11.8. The van der Waals surface area contributed by atoms with Crippen molar-refractivity contribution >= 4 is 11.3 Å². The van der Waals surface area contributed by atoms with Gasteiger partial charge < -0.3 is 10.1 Å². The van der Waals surface area contributed by atoms with Crippen molar-refractivity contribution in [2.24, 2.45) is 0 Å². The number of nitrogens with zero attached hydrogens (tertiary/aromatic N) is 1. The van der Waals surface area contributed by atoms with Crippen LogP contribution in [0.2, 0.25) is 0 Å². The molecule has 2 rings (SSSR count). The van der Waals surface area contributed by atoms with Crippen LogP contribution in [0.15, 0.2) is 30.5 Å². The molecule has 0 bridgehead atoms. The molecule has 1 N–H and O–H groups in total. The molecule has 2 aromatic rings. The molecular formula is C14H18N2OS. The Morgan fingerprint density at radius 2 is 2.11 bits per heavy atom. The Kier molecular flexibility index (Phi) is 4.33. The van der Waals surface area contributed by atoms with E-state index < -0.39 is 0 Å². The van der Waals surface area contributed by atoms with Crippen molar-refractivity contribution in [2.75, 3.05) is 7.11 Å². The van der Waals surface area contributed by atoms with Gasteiger partial charge in [-0.15, -0.1) is 11.3 Å². The highest BCUT2D eigenvalue weighted by atomic mass is 32.1. The summed E-state index contributed by atoms with van der Waals surface area (Å²) in [6, 6.07) is 8.46. The van der Waals surface area contributed by atoms with Crippen LogP contribution in [0.1, 0.15) is 18.7 Å². The Labute approximate surface area is 112 Å². The lowest BCUT2D eigenvalue weighted by Crippen LogP contribution is -2.21. The van der Waals surface area contributed by atoms with Crippen LogP contribution in [0.3, 0.4) is 0 Å². The third-order valence-electron chi connectivity index (χ3n) is 2.58. The number of hydrogen-bond acceptors (Lipinski definition) is 4. The molecule has 4 heteroatoms. The number of aromatic nitrogens is 1. The van der Waals surface area contributed by atoms with Crippen molar-refractivity contribution in [1.29, 1.82) is 0 Å². The summed E-state index contributed by atoms with van der Waals surface area (Å²) in [6.45, 7) is 5.15. The molecule has 0 amide bonds. The number of thiazole rings is 1. The summed E-state index contributed by atoms with van der Waals surface area (Å²) in [7, 11) is 1.69. The molecule has 0 saturated heterocycles. The first-order valence-electron chi connectivity index (χ1n) is 6.02. The molecule has 1 heterocycles. The first kappa shape index (κ1) is 13.1. The highest BCUT2D eigenvalue weighted by Crippen LogP contribution is 2.32. The molecular weight excluding hydrogens is 244 g/mol. The molecule has 18 heavy (non-hydrogen) atoms. The van der Waals surface area contributed by atoms with E-state index in [4.69, 9.17) is 4.74 Å². The number of methoxy groups -OCH3 is 1. The van der Waals surface area contributed by atoms with Gasteiger partial charge in [-0.2, -0.15) is 0 Å². The van der Waals surface area contributed by atoms with Gasteiger partial charge >= 0.3 is 0 Å². The maximum Gasteiger partial charge on any atom is 0.129 e.